The minimum atomic E-state index is -0.231. The maximum atomic E-state index is 6.40. The summed E-state index contributed by atoms with van der Waals surface area (Å²) in [4.78, 5) is 1.14. The molecule has 130 valence electrons. The fourth-order valence-corrected chi connectivity index (χ4v) is 4.41. The van der Waals surface area contributed by atoms with Crippen molar-refractivity contribution in [2.24, 2.45) is 5.10 Å². The molecule has 0 unspecified atom stereocenters. The number of hydrogen-bond acceptors (Lipinski definition) is 5. The lowest BCUT2D eigenvalue weighted by Gasteiger charge is -2.38. The van der Waals surface area contributed by atoms with Gasteiger partial charge >= 0.3 is 0 Å². The molecule has 0 amide bonds. The van der Waals surface area contributed by atoms with Crippen LogP contribution in [0.2, 0.25) is 0 Å². The van der Waals surface area contributed by atoms with E-state index in [1.165, 1.54) is 0 Å². The third-order valence-electron chi connectivity index (χ3n) is 4.89. The van der Waals surface area contributed by atoms with Crippen molar-refractivity contribution in [1.82, 2.24) is 5.01 Å². The van der Waals surface area contributed by atoms with Gasteiger partial charge in [0, 0.05) is 12.0 Å². The van der Waals surface area contributed by atoms with Crippen LogP contribution in [0.15, 0.2) is 71.1 Å². The molecule has 5 rings (SSSR count). The third kappa shape index (κ3) is 2.39. The van der Waals surface area contributed by atoms with Crippen molar-refractivity contribution in [3.05, 3.63) is 82.0 Å². The van der Waals surface area contributed by atoms with E-state index in [1.54, 1.807) is 18.4 Å². The molecule has 0 spiro atoms. The second kappa shape index (κ2) is 6.18. The molecular weight excluding hydrogens is 344 g/mol. The molecule has 1 aromatic heterocycles. The van der Waals surface area contributed by atoms with E-state index in [2.05, 4.69) is 46.8 Å². The first-order valence-electron chi connectivity index (χ1n) is 8.63. The predicted octanol–water partition coefficient (Wildman–Crippen LogP) is 5.00. The third-order valence-corrected chi connectivity index (χ3v) is 5.80. The Kier molecular flexibility index (Phi) is 3.68. The molecule has 0 bridgehead atoms. The molecule has 0 fully saturated rings. The van der Waals surface area contributed by atoms with Gasteiger partial charge in [-0.25, -0.2) is 5.01 Å². The summed E-state index contributed by atoms with van der Waals surface area (Å²) in [6.45, 7) is 0. The summed E-state index contributed by atoms with van der Waals surface area (Å²) in [6.07, 6.45) is 0.625. The van der Waals surface area contributed by atoms with Crippen molar-refractivity contribution in [1.29, 1.82) is 0 Å². The van der Waals surface area contributed by atoms with E-state index in [4.69, 9.17) is 14.6 Å². The van der Waals surface area contributed by atoms with Gasteiger partial charge in [0.05, 0.1) is 23.7 Å². The van der Waals surface area contributed by atoms with E-state index in [1.807, 2.05) is 24.3 Å². The van der Waals surface area contributed by atoms with Crippen LogP contribution in [0.1, 0.15) is 34.7 Å². The van der Waals surface area contributed by atoms with Crippen molar-refractivity contribution in [3.63, 3.8) is 0 Å². The van der Waals surface area contributed by atoms with Gasteiger partial charge in [0.25, 0.3) is 0 Å². The van der Waals surface area contributed by atoms with Crippen molar-refractivity contribution in [2.45, 2.75) is 18.7 Å². The fourth-order valence-electron chi connectivity index (χ4n) is 3.67. The number of fused-ring (bicyclic) bond motifs is 3. The zero-order valence-electron chi connectivity index (χ0n) is 14.3. The van der Waals surface area contributed by atoms with Gasteiger partial charge in [-0.2, -0.15) is 5.10 Å². The number of methoxy groups -OCH3 is 1. The van der Waals surface area contributed by atoms with Crippen LogP contribution in [0, 0.1) is 0 Å². The predicted molar refractivity (Wildman–Crippen MR) is 103 cm³/mol. The van der Waals surface area contributed by atoms with Crippen molar-refractivity contribution in [2.75, 3.05) is 7.11 Å². The summed E-state index contributed by atoms with van der Waals surface area (Å²) in [5.41, 5.74) is 3.39. The number of ether oxygens (including phenoxy) is 2. The number of para-hydroxylation sites is 1. The van der Waals surface area contributed by atoms with Crippen molar-refractivity contribution in [3.8, 4) is 11.5 Å². The molecule has 2 atom stereocenters. The Morgan fingerprint density at radius 3 is 2.73 bits per heavy atom. The van der Waals surface area contributed by atoms with E-state index >= 15 is 0 Å². The van der Waals surface area contributed by atoms with Crippen LogP contribution in [0.4, 0.5) is 0 Å². The van der Waals surface area contributed by atoms with Crippen LogP contribution in [-0.2, 0) is 0 Å². The molecule has 0 saturated heterocycles. The van der Waals surface area contributed by atoms with Gasteiger partial charge in [-0.05, 0) is 23.1 Å². The van der Waals surface area contributed by atoms with Gasteiger partial charge < -0.3 is 9.47 Å². The van der Waals surface area contributed by atoms with E-state index < -0.39 is 0 Å². The van der Waals surface area contributed by atoms with Gasteiger partial charge in [0.1, 0.15) is 0 Å². The lowest BCUT2D eigenvalue weighted by atomic mass is 9.96. The molecule has 3 aromatic rings. The molecule has 2 aromatic carbocycles. The Labute approximate surface area is 156 Å². The maximum Gasteiger partial charge on any atom is 0.223 e. The molecule has 2 aliphatic heterocycles. The van der Waals surface area contributed by atoms with E-state index in [0.717, 1.165) is 39.6 Å². The van der Waals surface area contributed by atoms with Crippen molar-refractivity contribution < 1.29 is 9.47 Å². The highest BCUT2D eigenvalue weighted by molar-refractivity contribution is 7.10. The quantitative estimate of drug-likeness (QED) is 0.658. The monoisotopic (exact) mass is 362 g/mol. The highest BCUT2D eigenvalue weighted by Crippen LogP contribution is 2.51. The molecule has 0 radical (unpaired) electrons. The van der Waals surface area contributed by atoms with E-state index in [0.29, 0.717) is 0 Å². The van der Waals surface area contributed by atoms with Gasteiger partial charge in [0.2, 0.25) is 6.23 Å². The molecular formula is C21H18N2O2S. The van der Waals surface area contributed by atoms with Gasteiger partial charge in [-0.15, -0.1) is 11.3 Å². The number of nitrogens with zero attached hydrogens (tertiary/aromatic N) is 2. The molecule has 0 N–H and O–H groups in total. The Balaban J connectivity index is 1.62. The topological polar surface area (TPSA) is 34.1 Å². The Morgan fingerprint density at radius 1 is 1.08 bits per heavy atom. The van der Waals surface area contributed by atoms with Crippen LogP contribution >= 0.6 is 11.3 Å². The summed E-state index contributed by atoms with van der Waals surface area (Å²) in [7, 11) is 1.69. The number of hydrazone groups is 1. The van der Waals surface area contributed by atoms with Crippen LogP contribution in [-0.4, -0.2) is 17.8 Å². The summed E-state index contributed by atoms with van der Waals surface area (Å²) in [6, 6.07) is 20.8. The number of benzene rings is 2. The highest BCUT2D eigenvalue weighted by Gasteiger charge is 2.42. The van der Waals surface area contributed by atoms with Gasteiger partial charge in [-0.1, -0.05) is 48.5 Å². The average Bonchev–Trinajstić information content (AvgIpc) is 3.37. The Bertz CT molecular complexity index is 953. The molecule has 4 nitrogen and oxygen atoms in total. The second-order valence-electron chi connectivity index (χ2n) is 6.38. The molecule has 2 aliphatic rings. The SMILES string of the molecule is COc1cccc2c1O[C@@H](c1cccs1)N1N=C(c3ccccc3)C[C@H]21. The molecule has 3 heterocycles. The van der Waals surface area contributed by atoms with Gasteiger partial charge in [-0.3, -0.25) is 0 Å². The van der Waals surface area contributed by atoms with Crippen LogP contribution in [0.25, 0.3) is 0 Å². The lowest BCUT2D eigenvalue weighted by molar-refractivity contribution is -0.0184. The van der Waals surface area contributed by atoms with Gasteiger partial charge in [0.15, 0.2) is 11.5 Å². The smallest absolute Gasteiger partial charge is 0.223 e. The summed E-state index contributed by atoms with van der Waals surface area (Å²) in [5, 5.41) is 9.14. The molecule has 5 heteroatoms. The fraction of sp³-hybridized carbons (Fsp3) is 0.190. The normalized spacial score (nSPS) is 20.8. The first kappa shape index (κ1) is 15.5. The average molecular weight is 362 g/mol. The summed E-state index contributed by atoms with van der Waals surface area (Å²) < 4.78 is 12.0. The Morgan fingerprint density at radius 2 is 1.96 bits per heavy atom. The summed E-state index contributed by atoms with van der Waals surface area (Å²) in [5.74, 6) is 1.61. The first-order valence-corrected chi connectivity index (χ1v) is 9.51. The van der Waals surface area contributed by atoms with Crippen LogP contribution in [0.3, 0.4) is 0 Å². The zero-order valence-corrected chi connectivity index (χ0v) is 15.1. The second-order valence-corrected chi connectivity index (χ2v) is 7.36. The molecule has 0 saturated carbocycles. The van der Waals surface area contributed by atoms with Crippen molar-refractivity contribution >= 4 is 17.0 Å². The van der Waals surface area contributed by atoms with E-state index in [-0.39, 0.29) is 12.3 Å². The Hall–Kier alpha value is -2.79. The maximum absolute atomic E-state index is 6.40. The van der Waals surface area contributed by atoms with Crippen LogP contribution in [0.5, 0.6) is 11.5 Å². The number of rotatable bonds is 3. The zero-order chi connectivity index (χ0) is 17.5. The summed E-state index contributed by atoms with van der Waals surface area (Å²) >= 11 is 1.69. The minimum absolute atomic E-state index is 0.149. The van der Waals surface area contributed by atoms with E-state index in [9.17, 15) is 0 Å². The van der Waals surface area contributed by atoms with Crippen LogP contribution < -0.4 is 9.47 Å². The standard InChI is InChI=1S/C21H18N2O2S/c1-24-18-10-5-9-15-17-13-16(14-7-3-2-4-8-14)22-23(17)21(25-20(15)18)19-11-6-12-26-19/h2-12,17,21H,13H2,1H3/t17-,21+/m1/s1. The lowest BCUT2D eigenvalue weighted by Crippen LogP contribution is -2.33. The number of hydrogen-bond donors (Lipinski definition) is 0. The first-order chi connectivity index (χ1) is 12.8. The largest absolute Gasteiger partial charge is 0.493 e. The highest BCUT2D eigenvalue weighted by atomic mass is 32.1. The molecule has 26 heavy (non-hydrogen) atoms. The molecule has 0 aliphatic carbocycles. The minimum Gasteiger partial charge on any atom is -0.493 e. The number of thiophene rings is 1.